The van der Waals surface area contributed by atoms with Crippen molar-refractivity contribution in [2.24, 2.45) is 0 Å². The van der Waals surface area contributed by atoms with Gasteiger partial charge in [-0.2, -0.15) is 0 Å². The summed E-state index contributed by atoms with van der Waals surface area (Å²) in [6.45, 7) is 3.22. The van der Waals surface area contributed by atoms with Gasteiger partial charge in [0.2, 0.25) is 5.78 Å². The minimum absolute atomic E-state index is 0.0875. The van der Waals surface area contributed by atoms with Gasteiger partial charge in [0.25, 0.3) is 0 Å². The zero-order valence-electron chi connectivity index (χ0n) is 16.0. The Labute approximate surface area is 163 Å². The molecule has 28 heavy (non-hydrogen) atoms. The number of hydrogen-bond donors (Lipinski definition) is 1. The molecule has 0 atom stereocenters. The molecule has 3 rings (SSSR count). The molecule has 0 aliphatic carbocycles. The highest BCUT2D eigenvalue weighted by molar-refractivity contribution is 6.11. The highest BCUT2D eigenvalue weighted by Crippen LogP contribution is 2.24. The average molecular weight is 375 g/mol. The molecule has 0 bridgehead atoms. The second-order valence-electron chi connectivity index (χ2n) is 6.27. The van der Waals surface area contributed by atoms with E-state index in [4.69, 9.17) is 4.74 Å². The first kappa shape index (κ1) is 19.1. The molecule has 2 aromatic carbocycles. The van der Waals surface area contributed by atoms with Crippen molar-refractivity contribution in [2.75, 3.05) is 12.4 Å². The van der Waals surface area contributed by atoms with Crippen molar-refractivity contribution in [3.05, 3.63) is 84.0 Å². The van der Waals surface area contributed by atoms with Crippen LogP contribution in [0.3, 0.4) is 0 Å². The van der Waals surface area contributed by atoms with Crippen LogP contribution in [0, 0.1) is 0 Å². The van der Waals surface area contributed by atoms with Crippen LogP contribution in [0.5, 0.6) is 5.75 Å². The molecule has 3 aromatic rings. The van der Waals surface area contributed by atoms with Gasteiger partial charge in [-0.05, 0) is 44.2 Å². The van der Waals surface area contributed by atoms with Crippen molar-refractivity contribution in [1.29, 1.82) is 0 Å². The van der Waals surface area contributed by atoms with Crippen molar-refractivity contribution < 1.29 is 14.3 Å². The van der Waals surface area contributed by atoms with E-state index in [9.17, 15) is 9.59 Å². The number of ketones is 2. The smallest absolute Gasteiger partial charge is 0.213 e. The number of rotatable bonds is 7. The number of nitrogens with one attached hydrogen (secondary N) is 1. The van der Waals surface area contributed by atoms with Gasteiger partial charge in [-0.3, -0.25) is 14.2 Å². The van der Waals surface area contributed by atoms with Crippen LogP contribution in [0.1, 0.15) is 29.9 Å². The van der Waals surface area contributed by atoms with Crippen LogP contribution < -0.4 is 10.1 Å². The molecular formula is C22H21N3O3. The fourth-order valence-electron chi connectivity index (χ4n) is 2.85. The van der Waals surface area contributed by atoms with Crippen LogP contribution in [0.15, 0.2) is 72.7 Å². The van der Waals surface area contributed by atoms with Crippen LogP contribution in [-0.2, 0) is 4.79 Å². The van der Waals surface area contributed by atoms with E-state index in [1.807, 2.05) is 42.5 Å². The van der Waals surface area contributed by atoms with Crippen LogP contribution in [0.2, 0.25) is 0 Å². The minimum atomic E-state index is -0.174. The standard InChI is InChI=1S/C22H21N3O3/c1-15(13-16(2)26)24-22-20(21(27)17-7-5-4-6-8-17)25(14-23-22)18-9-11-19(28-3)12-10-18/h4-14,24H,1-3H3. The summed E-state index contributed by atoms with van der Waals surface area (Å²) < 4.78 is 6.92. The van der Waals surface area contributed by atoms with E-state index in [1.54, 1.807) is 37.1 Å². The number of nitrogens with zero attached hydrogens (tertiary/aromatic N) is 2. The summed E-state index contributed by atoms with van der Waals surface area (Å²) in [7, 11) is 1.60. The molecular weight excluding hydrogens is 354 g/mol. The third-order valence-corrected chi connectivity index (χ3v) is 4.10. The van der Waals surface area contributed by atoms with Gasteiger partial charge >= 0.3 is 0 Å². The molecule has 0 saturated heterocycles. The highest BCUT2D eigenvalue weighted by Gasteiger charge is 2.21. The van der Waals surface area contributed by atoms with Gasteiger partial charge in [0.15, 0.2) is 11.6 Å². The summed E-state index contributed by atoms with van der Waals surface area (Å²) in [4.78, 5) is 29.0. The maximum atomic E-state index is 13.2. The van der Waals surface area contributed by atoms with E-state index in [1.165, 1.54) is 13.0 Å². The lowest BCUT2D eigenvalue weighted by Crippen LogP contribution is -2.12. The zero-order chi connectivity index (χ0) is 20.1. The lowest BCUT2D eigenvalue weighted by atomic mass is 10.1. The molecule has 1 aromatic heterocycles. The Kier molecular flexibility index (Phi) is 5.69. The minimum Gasteiger partial charge on any atom is -0.497 e. The Balaban J connectivity index is 2.09. The van der Waals surface area contributed by atoms with Crippen LogP contribution >= 0.6 is 0 Å². The number of carbonyl (C=O) groups excluding carboxylic acids is 2. The Bertz CT molecular complexity index is 1020. The third-order valence-electron chi connectivity index (χ3n) is 4.10. The second kappa shape index (κ2) is 8.35. The van der Waals surface area contributed by atoms with Gasteiger partial charge in [0.1, 0.15) is 17.8 Å². The Morgan fingerprint density at radius 1 is 1.04 bits per heavy atom. The summed E-state index contributed by atoms with van der Waals surface area (Å²) in [5.41, 5.74) is 2.31. The molecule has 0 spiro atoms. The summed E-state index contributed by atoms with van der Waals surface area (Å²) in [5.74, 6) is 0.848. The molecule has 6 heteroatoms. The molecule has 0 fully saturated rings. The van der Waals surface area contributed by atoms with Crippen LogP contribution in [-0.4, -0.2) is 28.2 Å². The van der Waals surface area contributed by atoms with Crippen molar-refractivity contribution in [3.8, 4) is 11.4 Å². The summed E-state index contributed by atoms with van der Waals surface area (Å²) in [6.07, 6.45) is 3.05. The van der Waals surface area contributed by atoms with Crippen molar-refractivity contribution in [3.63, 3.8) is 0 Å². The first-order valence-corrected chi connectivity index (χ1v) is 8.77. The normalized spacial score (nSPS) is 11.2. The Morgan fingerprint density at radius 3 is 2.32 bits per heavy atom. The van der Waals surface area contributed by atoms with Crippen molar-refractivity contribution in [2.45, 2.75) is 13.8 Å². The molecule has 1 N–H and O–H groups in total. The average Bonchev–Trinajstić information content (AvgIpc) is 3.10. The van der Waals surface area contributed by atoms with E-state index in [0.717, 1.165) is 11.4 Å². The van der Waals surface area contributed by atoms with Crippen molar-refractivity contribution in [1.82, 2.24) is 9.55 Å². The number of allylic oxidation sites excluding steroid dienone is 2. The molecule has 1 heterocycles. The highest BCUT2D eigenvalue weighted by atomic mass is 16.5. The monoisotopic (exact) mass is 375 g/mol. The molecule has 0 unspecified atom stereocenters. The molecule has 142 valence electrons. The van der Waals surface area contributed by atoms with E-state index in [0.29, 0.717) is 22.8 Å². The number of imidazole rings is 1. The maximum Gasteiger partial charge on any atom is 0.213 e. The SMILES string of the molecule is COc1ccc(-n2cnc(NC(C)=CC(C)=O)c2C(=O)c2ccccc2)cc1. The first-order valence-electron chi connectivity index (χ1n) is 8.77. The lowest BCUT2D eigenvalue weighted by molar-refractivity contribution is -0.112. The molecule has 6 nitrogen and oxygen atoms in total. The second-order valence-corrected chi connectivity index (χ2v) is 6.27. The predicted molar refractivity (Wildman–Crippen MR) is 108 cm³/mol. The molecule has 0 radical (unpaired) electrons. The van der Waals surface area contributed by atoms with E-state index in [-0.39, 0.29) is 11.6 Å². The molecule has 0 amide bonds. The molecule has 0 aliphatic heterocycles. The van der Waals surface area contributed by atoms with Gasteiger partial charge in [-0.15, -0.1) is 0 Å². The summed E-state index contributed by atoms with van der Waals surface area (Å²) in [6, 6.07) is 16.3. The number of ether oxygens (including phenoxy) is 1. The summed E-state index contributed by atoms with van der Waals surface area (Å²) >= 11 is 0. The quantitative estimate of drug-likeness (QED) is 0.499. The lowest BCUT2D eigenvalue weighted by Gasteiger charge is -2.11. The Morgan fingerprint density at radius 2 is 1.71 bits per heavy atom. The number of methoxy groups -OCH3 is 1. The number of aromatic nitrogens is 2. The fourth-order valence-corrected chi connectivity index (χ4v) is 2.85. The number of benzene rings is 2. The van der Waals surface area contributed by atoms with Gasteiger partial charge in [-0.1, -0.05) is 30.3 Å². The fraction of sp³-hybridized carbons (Fsp3) is 0.136. The molecule has 0 aliphatic rings. The Hall–Kier alpha value is -3.67. The number of anilines is 1. The van der Waals surface area contributed by atoms with Crippen LogP contribution in [0.4, 0.5) is 5.82 Å². The molecule has 0 saturated carbocycles. The van der Waals surface area contributed by atoms with E-state index in [2.05, 4.69) is 10.3 Å². The largest absolute Gasteiger partial charge is 0.497 e. The maximum absolute atomic E-state index is 13.2. The van der Waals surface area contributed by atoms with Gasteiger partial charge < -0.3 is 10.1 Å². The van der Waals surface area contributed by atoms with E-state index >= 15 is 0 Å². The zero-order valence-corrected chi connectivity index (χ0v) is 16.0. The topological polar surface area (TPSA) is 73.2 Å². The van der Waals surface area contributed by atoms with Gasteiger partial charge in [-0.25, -0.2) is 4.98 Å². The first-order chi connectivity index (χ1) is 13.5. The third kappa shape index (κ3) is 4.17. The van der Waals surface area contributed by atoms with Gasteiger partial charge in [0, 0.05) is 16.9 Å². The van der Waals surface area contributed by atoms with Crippen LogP contribution in [0.25, 0.3) is 5.69 Å². The predicted octanol–water partition coefficient (Wildman–Crippen LogP) is 4.02. The van der Waals surface area contributed by atoms with Gasteiger partial charge in [0.05, 0.1) is 7.11 Å². The number of carbonyl (C=O) groups is 2. The summed E-state index contributed by atoms with van der Waals surface area (Å²) in [5, 5.41) is 3.07. The van der Waals surface area contributed by atoms with Crippen molar-refractivity contribution >= 4 is 17.4 Å². The number of hydrogen-bond acceptors (Lipinski definition) is 5. The van der Waals surface area contributed by atoms with E-state index < -0.39 is 0 Å².